The van der Waals surface area contributed by atoms with Crippen LogP contribution >= 0.6 is 11.6 Å². The van der Waals surface area contributed by atoms with Gasteiger partial charge in [0, 0.05) is 6.26 Å². The van der Waals surface area contributed by atoms with Gasteiger partial charge in [-0.25, -0.2) is 8.42 Å². The Morgan fingerprint density at radius 3 is 2.87 bits per heavy atom. The summed E-state index contributed by atoms with van der Waals surface area (Å²) < 4.78 is 21.6. The van der Waals surface area contributed by atoms with Gasteiger partial charge in [-0.2, -0.15) is 0 Å². The maximum absolute atomic E-state index is 11.5. The number of fused-ring (bicyclic) bond motifs is 1. The van der Waals surface area contributed by atoms with Gasteiger partial charge in [-0.05, 0) is 23.8 Å². The molecule has 0 spiro atoms. The Balaban J connectivity index is 2.52. The Kier molecular flexibility index (Phi) is 2.35. The second kappa shape index (κ2) is 3.32. The fourth-order valence-electron chi connectivity index (χ4n) is 1.46. The molecular formula is C10H10ClNO2S. The highest BCUT2D eigenvalue weighted by atomic mass is 35.5. The monoisotopic (exact) mass is 243 g/mol. The Hall–Kier alpha value is -0.870. The minimum absolute atomic E-state index is 0.630. The molecule has 2 aliphatic rings. The molecular weight excluding hydrogens is 234 g/mol. The molecule has 1 unspecified atom stereocenters. The number of allylic oxidation sites excluding steroid dienone is 3. The predicted molar refractivity (Wildman–Crippen MR) is 62.1 cm³/mol. The number of hydrogen-bond acceptors (Lipinski definition) is 3. The molecule has 0 saturated carbocycles. The maximum atomic E-state index is 11.5. The van der Waals surface area contributed by atoms with E-state index >= 15 is 0 Å². The number of dihydropyridines is 1. The van der Waals surface area contributed by atoms with E-state index < -0.39 is 14.0 Å². The third-order valence-electron chi connectivity index (χ3n) is 2.35. The minimum Gasteiger partial charge on any atom is -0.281 e. The summed E-state index contributed by atoms with van der Waals surface area (Å²) in [4.78, 5) is 4.22. The second-order valence-corrected chi connectivity index (χ2v) is 6.60. The average Bonchev–Trinajstić information content (AvgIpc) is 2.16. The number of alkyl halides is 1. The number of halogens is 1. The standard InChI is InChI=1S/C10H10ClNO2S/c1-15(13,14)10(11)5-4-9-8(7-10)3-2-6-12-9/h2-5,7H,6H2,1H3. The summed E-state index contributed by atoms with van der Waals surface area (Å²) in [5.41, 5.74) is 1.56. The van der Waals surface area contributed by atoms with Crippen LogP contribution in [0.25, 0.3) is 0 Å². The first-order valence-corrected chi connectivity index (χ1v) is 6.71. The molecule has 15 heavy (non-hydrogen) atoms. The lowest BCUT2D eigenvalue weighted by molar-refractivity contribution is 0.596. The van der Waals surface area contributed by atoms with Crippen LogP contribution < -0.4 is 0 Å². The summed E-state index contributed by atoms with van der Waals surface area (Å²) in [6.07, 6.45) is 9.48. The van der Waals surface area contributed by atoms with Crippen molar-refractivity contribution in [1.29, 1.82) is 0 Å². The molecule has 0 aromatic rings. The van der Waals surface area contributed by atoms with Crippen LogP contribution in [0.15, 0.2) is 40.9 Å². The van der Waals surface area contributed by atoms with Crippen molar-refractivity contribution in [3.63, 3.8) is 0 Å². The summed E-state index contributed by atoms with van der Waals surface area (Å²) in [5, 5.41) is 0. The van der Waals surface area contributed by atoms with Gasteiger partial charge in [0.25, 0.3) is 0 Å². The van der Waals surface area contributed by atoms with Gasteiger partial charge in [-0.1, -0.05) is 23.8 Å². The summed E-state index contributed by atoms with van der Waals surface area (Å²) >= 11 is 6.03. The molecule has 5 heteroatoms. The van der Waals surface area contributed by atoms with Crippen molar-refractivity contribution < 1.29 is 8.42 Å². The first-order valence-electron chi connectivity index (χ1n) is 4.44. The van der Waals surface area contributed by atoms with Crippen molar-refractivity contribution >= 4 is 27.1 Å². The van der Waals surface area contributed by atoms with E-state index in [4.69, 9.17) is 11.6 Å². The Morgan fingerprint density at radius 2 is 2.20 bits per heavy atom. The van der Waals surface area contributed by atoms with E-state index in [0.717, 1.165) is 17.5 Å². The van der Waals surface area contributed by atoms with Crippen LogP contribution in [0, 0.1) is 0 Å². The zero-order valence-corrected chi connectivity index (χ0v) is 9.72. The number of aliphatic imine (C=N–C) groups is 1. The molecule has 1 heterocycles. The highest BCUT2D eigenvalue weighted by molar-refractivity contribution is 7.93. The van der Waals surface area contributed by atoms with Gasteiger partial charge in [0.15, 0.2) is 14.0 Å². The summed E-state index contributed by atoms with van der Waals surface area (Å²) in [6.45, 7) is 0.630. The molecule has 0 saturated heterocycles. The lowest BCUT2D eigenvalue weighted by atomic mass is 10.0. The molecule has 1 aliphatic heterocycles. The Labute approximate surface area is 93.8 Å². The fourth-order valence-corrected chi connectivity index (χ4v) is 2.30. The van der Waals surface area contributed by atoms with Crippen LogP contribution in [0.3, 0.4) is 0 Å². The summed E-state index contributed by atoms with van der Waals surface area (Å²) in [7, 11) is -3.36. The molecule has 0 amide bonds. The molecule has 1 aliphatic carbocycles. The quantitative estimate of drug-likeness (QED) is 0.655. The highest BCUT2D eigenvalue weighted by Gasteiger charge is 2.36. The molecule has 80 valence electrons. The van der Waals surface area contributed by atoms with E-state index in [1.54, 1.807) is 6.08 Å². The molecule has 1 atom stereocenters. The van der Waals surface area contributed by atoms with Gasteiger partial charge in [0.05, 0.1) is 12.3 Å². The lowest BCUT2D eigenvalue weighted by Gasteiger charge is -2.23. The van der Waals surface area contributed by atoms with Gasteiger partial charge in [-0.3, -0.25) is 4.99 Å². The fraction of sp³-hybridized carbons (Fsp3) is 0.300. The van der Waals surface area contributed by atoms with E-state index in [1.807, 2.05) is 12.2 Å². The number of sulfone groups is 1. The molecule has 0 aromatic heterocycles. The van der Waals surface area contributed by atoms with Crippen LogP contribution in [0.5, 0.6) is 0 Å². The first-order chi connectivity index (χ1) is 6.92. The lowest BCUT2D eigenvalue weighted by Crippen LogP contribution is -2.30. The van der Waals surface area contributed by atoms with Gasteiger partial charge >= 0.3 is 0 Å². The van der Waals surface area contributed by atoms with Crippen LogP contribution in [-0.2, 0) is 9.84 Å². The van der Waals surface area contributed by atoms with Crippen molar-refractivity contribution in [2.75, 3.05) is 12.8 Å². The normalized spacial score (nSPS) is 29.5. The van der Waals surface area contributed by atoms with E-state index in [2.05, 4.69) is 4.99 Å². The maximum Gasteiger partial charge on any atom is 0.182 e. The van der Waals surface area contributed by atoms with E-state index in [1.165, 1.54) is 12.2 Å². The molecule has 0 N–H and O–H groups in total. The van der Waals surface area contributed by atoms with Gasteiger partial charge in [0.1, 0.15) is 0 Å². The molecule has 0 fully saturated rings. The van der Waals surface area contributed by atoms with Gasteiger partial charge < -0.3 is 0 Å². The molecule has 0 aromatic carbocycles. The zero-order chi connectivity index (χ0) is 11.1. The van der Waals surface area contributed by atoms with Gasteiger partial charge in [-0.15, -0.1) is 0 Å². The van der Waals surface area contributed by atoms with Crippen LogP contribution in [0.1, 0.15) is 0 Å². The second-order valence-electron chi connectivity index (χ2n) is 3.53. The van der Waals surface area contributed by atoms with Crippen molar-refractivity contribution in [2.45, 2.75) is 4.21 Å². The topological polar surface area (TPSA) is 46.5 Å². The largest absolute Gasteiger partial charge is 0.281 e. The van der Waals surface area contributed by atoms with Crippen LogP contribution in [0.2, 0.25) is 0 Å². The number of rotatable bonds is 1. The van der Waals surface area contributed by atoms with E-state index in [0.29, 0.717) is 6.54 Å². The van der Waals surface area contributed by atoms with Crippen molar-refractivity contribution in [3.8, 4) is 0 Å². The van der Waals surface area contributed by atoms with Crippen molar-refractivity contribution in [1.82, 2.24) is 0 Å². The van der Waals surface area contributed by atoms with E-state index in [-0.39, 0.29) is 0 Å². The van der Waals surface area contributed by atoms with Gasteiger partial charge in [0.2, 0.25) is 0 Å². The smallest absolute Gasteiger partial charge is 0.182 e. The summed E-state index contributed by atoms with van der Waals surface area (Å²) in [5.74, 6) is 0. The highest BCUT2D eigenvalue weighted by Crippen LogP contribution is 2.32. The molecule has 3 nitrogen and oxygen atoms in total. The molecule has 2 rings (SSSR count). The van der Waals surface area contributed by atoms with Crippen LogP contribution in [0.4, 0.5) is 0 Å². The third kappa shape index (κ3) is 1.79. The summed E-state index contributed by atoms with van der Waals surface area (Å²) in [6, 6.07) is 0. The van der Waals surface area contributed by atoms with E-state index in [9.17, 15) is 8.42 Å². The zero-order valence-electron chi connectivity index (χ0n) is 8.14. The predicted octanol–water partition coefficient (Wildman–Crippen LogP) is 1.47. The number of nitrogens with zero attached hydrogens (tertiary/aromatic N) is 1. The van der Waals surface area contributed by atoms with Crippen LogP contribution in [-0.4, -0.2) is 31.1 Å². The third-order valence-corrected chi connectivity index (χ3v) is 4.82. The minimum atomic E-state index is -3.36. The first kappa shape index (κ1) is 10.6. The number of hydrogen-bond donors (Lipinski definition) is 0. The molecule has 0 radical (unpaired) electrons. The SMILES string of the molecule is CS(=O)(=O)C1(Cl)C=CC2=NCC=CC2=C1. The Bertz CT molecular complexity index is 514. The van der Waals surface area contributed by atoms with Crippen molar-refractivity contribution in [2.24, 2.45) is 4.99 Å². The average molecular weight is 244 g/mol. The molecule has 0 bridgehead atoms. The Morgan fingerprint density at radius 1 is 1.47 bits per heavy atom. The van der Waals surface area contributed by atoms with Crippen molar-refractivity contribution in [3.05, 3.63) is 36.0 Å².